The number of nitrogens with one attached hydrogen (secondary N) is 1. The predicted octanol–water partition coefficient (Wildman–Crippen LogP) is 1.57. The van der Waals surface area contributed by atoms with Crippen molar-refractivity contribution >= 4 is 34.6 Å². The largest absolute Gasteiger partial charge is 0.479 e. The van der Waals surface area contributed by atoms with Crippen molar-refractivity contribution < 1.29 is 28.8 Å². The minimum absolute atomic E-state index is 0.0482. The van der Waals surface area contributed by atoms with Crippen LogP contribution in [0.15, 0.2) is 6.33 Å². The molecule has 0 aromatic carbocycles. The molecule has 2 N–H and O–H groups in total. The maximum absolute atomic E-state index is 11.7. The number of halogens is 1. The van der Waals surface area contributed by atoms with E-state index in [9.17, 15) is 9.90 Å². The van der Waals surface area contributed by atoms with Gasteiger partial charge in [-0.15, -0.1) is 0 Å². The van der Waals surface area contributed by atoms with E-state index >= 15 is 0 Å². The minimum atomic E-state index is -1.17. The number of imidazole rings is 1. The summed E-state index contributed by atoms with van der Waals surface area (Å²) in [5, 5.41) is 13.0. The maximum atomic E-state index is 11.7. The van der Waals surface area contributed by atoms with Crippen LogP contribution in [0, 0.1) is 0 Å². The summed E-state index contributed by atoms with van der Waals surface area (Å²) in [7, 11) is 0. The Labute approximate surface area is 176 Å². The van der Waals surface area contributed by atoms with Crippen LogP contribution in [0.3, 0.4) is 0 Å². The average Bonchev–Trinajstić information content (AvgIpc) is 3.33. The Balaban J connectivity index is 1.51. The first-order chi connectivity index (χ1) is 14.3. The molecule has 4 atom stereocenters. The molecular weight excluding hydrogens is 418 g/mol. The van der Waals surface area contributed by atoms with E-state index in [2.05, 4.69) is 20.3 Å². The lowest BCUT2D eigenvalue weighted by atomic mass is 10.1. The molecule has 3 fully saturated rings. The SMILES string of the molecule is CC1(C)OC2C(C(=O)O)OC(n3cnc4c(NC5CCOCC5)nc(Cl)nc43)C2O1. The molecule has 11 nitrogen and oxygen atoms in total. The Morgan fingerprint density at radius 2 is 2.00 bits per heavy atom. The van der Waals surface area contributed by atoms with Crippen LogP contribution in [-0.2, 0) is 23.7 Å². The Kier molecular flexibility index (Phi) is 4.82. The summed E-state index contributed by atoms with van der Waals surface area (Å²) in [4.78, 5) is 24.8. The normalized spacial score (nSPS) is 31.2. The molecule has 12 heteroatoms. The molecule has 0 bridgehead atoms. The molecule has 5 rings (SSSR count). The number of hydrogen-bond donors (Lipinski definition) is 2. The van der Waals surface area contributed by atoms with Gasteiger partial charge in [0, 0.05) is 19.3 Å². The molecule has 4 unspecified atom stereocenters. The number of anilines is 1. The van der Waals surface area contributed by atoms with Crippen LogP contribution in [-0.4, -0.2) is 73.9 Å². The number of aliphatic carboxylic acids is 1. The topological polar surface area (TPSA) is 130 Å². The summed E-state index contributed by atoms with van der Waals surface area (Å²) in [5.74, 6) is -1.53. The number of carboxylic acids is 1. The average molecular weight is 440 g/mol. The number of ether oxygens (including phenoxy) is 4. The van der Waals surface area contributed by atoms with Crippen LogP contribution >= 0.6 is 11.6 Å². The van der Waals surface area contributed by atoms with Gasteiger partial charge in [0.15, 0.2) is 35.1 Å². The van der Waals surface area contributed by atoms with E-state index in [1.54, 1.807) is 18.4 Å². The molecule has 3 aliphatic rings. The summed E-state index contributed by atoms with van der Waals surface area (Å²) in [6, 6.07) is 0.189. The van der Waals surface area contributed by atoms with E-state index in [-0.39, 0.29) is 11.3 Å². The molecule has 2 aromatic rings. The second kappa shape index (κ2) is 7.27. The fourth-order valence-corrected chi connectivity index (χ4v) is 4.38. The van der Waals surface area contributed by atoms with Crippen molar-refractivity contribution in [3.63, 3.8) is 0 Å². The van der Waals surface area contributed by atoms with Gasteiger partial charge < -0.3 is 29.4 Å². The Morgan fingerprint density at radius 3 is 2.73 bits per heavy atom. The zero-order chi connectivity index (χ0) is 21.0. The van der Waals surface area contributed by atoms with Crippen LogP contribution in [0.2, 0.25) is 5.28 Å². The van der Waals surface area contributed by atoms with E-state index in [4.69, 9.17) is 30.5 Å². The maximum Gasteiger partial charge on any atom is 0.335 e. The molecule has 0 aliphatic carbocycles. The Morgan fingerprint density at radius 1 is 1.27 bits per heavy atom. The molecular formula is C18H22ClN5O6. The first-order valence-corrected chi connectivity index (χ1v) is 10.2. The van der Waals surface area contributed by atoms with E-state index in [1.807, 2.05) is 0 Å². The highest BCUT2D eigenvalue weighted by atomic mass is 35.5. The third-order valence-electron chi connectivity index (χ3n) is 5.50. The molecule has 162 valence electrons. The van der Waals surface area contributed by atoms with Crippen LogP contribution in [0.5, 0.6) is 0 Å². The van der Waals surface area contributed by atoms with Crippen LogP contribution in [0.25, 0.3) is 11.2 Å². The summed E-state index contributed by atoms with van der Waals surface area (Å²) >= 11 is 6.19. The number of aromatic nitrogens is 4. The monoisotopic (exact) mass is 439 g/mol. The lowest BCUT2D eigenvalue weighted by Crippen LogP contribution is -2.35. The summed E-state index contributed by atoms with van der Waals surface area (Å²) in [5.41, 5.74) is 0.940. The molecule has 0 spiro atoms. The van der Waals surface area contributed by atoms with Crippen molar-refractivity contribution in [2.24, 2.45) is 0 Å². The van der Waals surface area contributed by atoms with Gasteiger partial charge in [0.1, 0.15) is 12.2 Å². The molecule has 3 aliphatic heterocycles. The van der Waals surface area contributed by atoms with Gasteiger partial charge >= 0.3 is 5.97 Å². The van der Waals surface area contributed by atoms with Gasteiger partial charge in [0.05, 0.1) is 6.33 Å². The number of rotatable bonds is 4. The predicted molar refractivity (Wildman–Crippen MR) is 103 cm³/mol. The lowest BCUT2D eigenvalue weighted by Gasteiger charge is -2.24. The standard InChI is InChI=1S/C18H22ClN5O6/c1-18(2)29-10-11(30-18)15(28-12(10)16(25)26)24-7-20-9-13(22-17(19)23-14(9)24)21-8-3-5-27-6-4-8/h7-8,10-12,15H,3-6H2,1-2H3,(H,25,26)(H,21,22,23). The molecule has 0 radical (unpaired) electrons. The van der Waals surface area contributed by atoms with Gasteiger partial charge in [-0.1, -0.05) is 0 Å². The number of hydrogen-bond acceptors (Lipinski definition) is 9. The van der Waals surface area contributed by atoms with Crippen LogP contribution in [0.4, 0.5) is 5.82 Å². The molecule has 5 heterocycles. The number of carbonyl (C=O) groups is 1. The van der Waals surface area contributed by atoms with E-state index in [0.717, 1.165) is 12.8 Å². The molecule has 30 heavy (non-hydrogen) atoms. The third-order valence-corrected chi connectivity index (χ3v) is 5.67. The Bertz CT molecular complexity index is 977. The second-order valence-corrected chi connectivity index (χ2v) is 8.38. The van der Waals surface area contributed by atoms with Gasteiger partial charge in [0.25, 0.3) is 0 Å². The summed E-state index contributed by atoms with van der Waals surface area (Å²) < 4.78 is 24.6. The number of nitrogens with zero attached hydrogens (tertiary/aromatic N) is 4. The van der Waals surface area contributed by atoms with E-state index < -0.39 is 36.3 Å². The van der Waals surface area contributed by atoms with Crippen molar-refractivity contribution in [1.29, 1.82) is 0 Å². The Hall–Kier alpha value is -2.05. The highest BCUT2D eigenvalue weighted by molar-refractivity contribution is 6.28. The third kappa shape index (κ3) is 3.40. The van der Waals surface area contributed by atoms with Crippen molar-refractivity contribution in [2.45, 2.75) is 63.1 Å². The van der Waals surface area contributed by atoms with Crippen molar-refractivity contribution in [2.75, 3.05) is 18.5 Å². The quantitative estimate of drug-likeness (QED) is 0.677. The number of carboxylic acid groups (broad SMARTS) is 1. The molecule has 0 saturated carbocycles. The molecule has 0 amide bonds. The fraction of sp³-hybridized carbons (Fsp3) is 0.667. The van der Waals surface area contributed by atoms with Crippen molar-refractivity contribution in [1.82, 2.24) is 19.5 Å². The zero-order valence-corrected chi connectivity index (χ0v) is 17.2. The first kappa shape index (κ1) is 19.9. The van der Waals surface area contributed by atoms with Crippen LogP contribution < -0.4 is 5.32 Å². The smallest absolute Gasteiger partial charge is 0.335 e. The lowest BCUT2D eigenvalue weighted by molar-refractivity contribution is -0.202. The highest BCUT2D eigenvalue weighted by Gasteiger charge is 2.58. The van der Waals surface area contributed by atoms with E-state index in [0.29, 0.717) is 30.2 Å². The summed E-state index contributed by atoms with van der Waals surface area (Å²) in [6.07, 6.45) is -0.122. The van der Waals surface area contributed by atoms with Gasteiger partial charge in [-0.25, -0.2) is 9.78 Å². The van der Waals surface area contributed by atoms with Gasteiger partial charge in [0.2, 0.25) is 5.28 Å². The fourth-order valence-electron chi connectivity index (χ4n) is 4.21. The van der Waals surface area contributed by atoms with Gasteiger partial charge in [-0.3, -0.25) is 4.57 Å². The zero-order valence-electron chi connectivity index (χ0n) is 16.4. The molecule has 3 saturated heterocycles. The van der Waals surface area contributed by atoms with Gasteiger partial charge in [-0.05, 0) is 38.3 Å². The van der Waals surface area contributed by atoms with Gasteiger partial charge in [-0.2, -0.15) is 9.97 Å². The van der Waals surface area contributed by atoms with Crippen molar-refractivity contribution in [3.8, 4) is 0 Å². The van der Waals surface area contributed by atoms with Crippen molar-refractivity contribution in [3.05, 3.63) is 11.6 Å². The van der Waals surface area contributed by atoms with E-state index in [1.165, 1.54) is 6.33 Å². The van der Waals surface area contributed by atoms with Crippen LogP contribution in [0.1, 0.15) is 32.9 Å². The number of fused-ring (bicyclic) bond motifs is 2. The second-order valence-electron chi connectivity index (χ2n) is 8.05. The highest BCUT2D eigenvalue weighted by Crippen LogP contribution is 2.44. The first-order valence-electron chi connectivity index (χ1n) is 9.81. The minimum Gasteiger partial charge on any atom is -0.479 e. The summed E-state index contributed by atoms with van der Waals surface area (Å²) in [6.45, 7) is 4.83. The molecule has 2 aromatic heterocycles.